The van der Waals surface area contributed by atoms with E-state index in [0.717, 1.165) is 26.2 Å². The van der Waals surface area contributed by atoms with E-state index in [1.54, 1.807) is 11.3 Å². The second-order valence-electron chi connectivity index (χ2n) is 4.15. The number of thiazole rings is 1. The van der Waals surface area contributed by atoms with Gasteiger partial charge < -0.3 is 10.2 Å². The molecule has 0 saturated heterocycles. The first-order valence-corrected chi connectivity index (χ1v) is 6.73. The molecule has 5 heteroatoms. The Morgan fingerprint density at radius 2 is 2.22 bits per heavy atom. The SMILES string of the molecule is Cl.c1ccc2c(c1)CNCCN2Cc1nccs1. The molecular formula is C13H16ClN3S. The first-order chi connectivity index (χ1) is 8.43. The highest BCUT2D eigenvalue weighted by molar-refractivity contribution is 7.09. The molecule has 1 N–H and O–H groups in total. The van der Waals surface area contributed by atoms with Crippen LogP contribution in [0.25, 0.3) is 0 Å². The van der Waals surface area contributed by atoms with Gasteiger partial charge in [-0.05, 0) is 11.6 Å². The van der Waals surface area contributed by atoms with Gasteiger partial charge in [0.25, 0.3) is 0 Å². The normalized spacial score (nSPS) is 14.6. The predicted molar refractivity (Wildman–Crippen MR) is 78.6 cm³/mol. The molecule has 18 heavy (non-hydrogen) atoms. The van der Waals surface area contributed by atoms with Crippen LogP contribution in [0.3, 0.4) is 0 Å². The average molecular weight is 282 g/mol. The molecule has 0 atom stereocenters. The maximum absolute atomic E-state index is 4.37. The molecule has 2 heterocycles. The molecular weight excluding hydrogens is 266 g/mol. The van der Waals surface area contributed by atoms with Crippen molar-refractivity contribution >= 4 is 29.4 Å². The number of aromatic nitrogens is 1. The molecule has 0 spiro atoms. The van der Waals surface area contributed by atoms with Gasteiger partial charge in [-0.2, -0.15) is 0 Å². The van der Waals surface area contributed by atoms with Crippen molar-refractivity contribution in [2.75, 3.05) is 18.0 Å². The number of halogens is 1. The first kappa shape index (κ1) is 13.3. The van der Waals surface area contributed by atoms with E-state index in [2.05, 4.69) is 39.5 Å². The van der Waals surface area contributed by atoms with E-state index >= 15 is 0 Å². The summed E-state index contributed by atoms with van der Waals surface area (Å²) in [6.45, 7) is 3.94. The Morgan fingerprint density at radius 3 is 3.06 bits per heavy atom. The molecule has 0 amide bonds. The third-order valence-electron chi connectivity index (χ3n) is 3.02. The van der Waals surface area contributed by atoms with Crippen LogP contribution in [0.5, 0.6) is 0 Å². The zero-order chi connectivity index (χ0) is 11.5. The Bertz CT molecular complexity index is 487. The Hall–Kier alpha value is -1.10. The van der Waals surface area contributed by atoms with Gasteiger partial charge in [0, 0.05) is 36.9 Å². The number of hydrogen-bond acceptors (Lipinski definition) is 4. The van der Waals surface area contributed by atoms with Gasteiger partial charge in [-0.25, -0.2) is 4.98 Å². The summed E-state index contributed by atoms with van der Waals surface area (Å²) in [5.74, 6) is 0. The topological polar surface area (TPSA) is 28.2 Å². The van der Waals surface area contributed by atoms with E-state index in [9.17, 15) is 0 Å². The summed E-state index contributed by atoms with van der Waals surface area (Å²) in [5, 5.41) is 6.68. The largest absolute Gasteiger partial charge is 0.363 e. The average Bonchev–Trinajstić information content (AvgIpc) is 2.78. The van der Waals surface area contributed by atoms with Crippen molar-refractivity contribution < 1.29 is 0 Å². The fourth-order valence-corrected chi connectivity index (χ4v) is 2.82. The zero-order valence-electron chi connectivity index (χ0n) is 10.0. The molecule has 0 bridgehead atoms. The summed E-state index contributed by atoms with van der Waals surface area (Å²) in [7, 11) is 0. The number of nitrogens with zero attached hydrogens (tertiary/aromatic N) is 2. The fraction of sp³-hybridized carbons (Fsp3) is 0.308. The van der Waals surface area contributed by atoms with Crippen LogP contribution < -0.4 is 10.2 Å². The standard InChI is InChI=1S/C13H15N3S.ClH/c1-2-4-12-11(3-1)9-14-5-7-16(12)10-13-15-6-8-17-13;/h1-4,6,8,14H,5,7,9-10H2;1H. The summed E-state index contributed by atoms with van der Waals surface area (Å²) in [6, 6.07) is 8.62. The minimum atomic E-state index is 0. The highest BCUT2D eigenvalue weighted by Gasteiger charge is 2.15. The van der Waals surface area contributed by atoms with E-state index in [0.29, 0.717) is 0 Å². The number of anilines is 1. The lowest BCUT2D eigenvalue weighted by molar-refractivity contribution is 0.687. The molecule has 1 aromatic carbocycles. The molecule has 0 fully saturated rings. The zero-order valence-corrected chi connectivity index (χ0v) is 11.6. The molecule has 96 valence electrons. The van der Waals surface area contributed by atoms with Crippen LogP contribution in [0.15, 0.2) is 35.8 Å². The van der Waals surface area contributed by atoms with Gasteiger partial charge in [0.1, 0.15) is 5.01 Å². The lowest BCUT2D eigenvalue weighted by atomic mass is 10.1. The molecule has 0 radical (unpaired) electrons. The second-order valence-corrected chi connectivity index (χ2v) is 5.13. The van der Waals surface area contributed by atoms with Crippen molar-refractivity contribution in [3.63, 3.8) is 0 Å². The van der Waals surface area contributed by atoms with Crippen molar-refractivity contribution in [2.24, 2.45) is 0 Å². The Labute approximate surface area is 117 Å². The molecule has 0 unspecified atom stereocenters. The van der Waals surface area contributed by atoms with Crippen LogP contribution in [0.1, 0.15) is 10.6 Å². The van der Waals surface area contributed by atoms with Gasteiger partial charge >= 0.3 is 0 Å². The van der Waals surface area contributed by atoms with Crippen LogP contribution in [-0.2, 0) is 13.1 Å². The van der Waals surface area contributed by atoms with Gasteiger partial charge in [-0.3, -0.25) is 0 Å². The molecule has 2 aromatic rings. The van der Waals surface area contributed by atoms with E-state index in [4.69, 9.17) is 0 Å². The van der Waals surface area contributed by atoms with Gasteiger partial charge in [0.05, 0.1) is 6.54 Å². The van der Waals surface area contributed by atoms with E-state index in [-0.39, 0.29) is 12.4 Å². The van der Waals surface area contributed by atoms with Gasteiger partial charge in [-0.1, -0.05) is 18.2 Å². The molecule has 1 aromatic heterocycles. The number of rotatable bonds is 2. The summed E-state index contributed by atoms with van der Waals surface area (Å²) < 4.78 is 0. The molecule has 3 rings (SSSR count). The van der Waals surface area contributed by atoms with E-state index in [1.807, 2.05) is 11.6 Å². The fourth-order valence-electron chi connectivity index (χ4n) is 2.18. The highest BCUT2D eigenvalue weighted by Crippen LogP contribution is 2.24. The first-order valence-electron chi connectivity index (χ1n) is 5.85. The minimum Gasteiger partial charge on any atom is -0.363 e. The summed E-state index contributed by atoms with van der Waals surface area (Å²) >= 11 is 1.72. The van der Waals surface area contributed by atoms with Crippen molar-refractivity contribution in [3.05, 3.63) is 46.4 Å². The number of fused-ring (bicyclic) bond motifs is 1. The number of benzene rings is 1. The van der Waals surface area contributed by atoms with Crippen LogP contribution in [-0.4, -0.2) is 18.1 Å². The summed E-state index contributed by atoms with van der Waals surface area (Å²) in [6.07, 6.45) is 1.88. The van der Waals surface area contributed by atoms with Crippen LogP contribution in [0.4, 0.5) is 5.69 Å². The third-order valence-corrected chi connectivity index (χ3v) is 3.78. The smallest absolute Gasteiger partial charge is 0.112 e. The third kappa shape index (κ3) is 2.83. The van der Waals surface area contributed by atoms with Crippen molar-refractivity contribution in [1.29, 1.82) is 0 Å². The lowest BCUT2D eigenvalue weighted by Gasteiger charge is -2.23. The highest BCUT2D eigenvalue weighted by atomic mass is 35.5. The minimum absolute atomic E-state index is 0. The van der Waals surface area contributed by atoms with Crippen LogP contribution in [0.2, 0.25) is 0 Å². The van der Waals surface area contributed by atoms with Crippen molar-refractivity contribution in [2.45, 2.75) is 13.1 Å². The second kappa shape index (κ2) is 6.18. The summed E-state index contributed by atoms with van der Waals surface area (Å²) in [5.41, 5.74) is 2.72. The maximum atomic E-state index is 4.37. The predicted octanol–water partition coefficient (Wildman–Crippen LogP) is 2.67. The quantitative estimate of drug-likeness (QED) is 0.917. The van der Waals surface area contributed by atoms with Gasteiger partial charge in [0.15, 0.2) is 0 Å². The van der Waals surface area contributed by atoms with Gasteiger partial charge in [-0.15, -0.1) is 23.7 Å². The Balaban J connectivity index is 0.00000120. The summed E-state index contributed by atoms with van der Waals surface area (Å²) in [4.78, 5) is 6.78. The van der Waals surface area contributed by atoms with Crippen LogP contribution in [0, 0.1) is 0 Å². The lowest BCUT2D eigenvalue weighted by Crippen LogP contribution is -2.28. The van der Waals surface area contributed by atoms with Crippen molar-refractivity contribution in [3.8, 4) is 0 Å². The van der Waals surface area contributed by atoms with Crippen LogP contribution >= 0.6 is 23.7 Å². The Kier molecular flexibility index (Phi) is 4.58. The maximum Gasteiger partial charge on any atom is 0.112 e. The molecule has 0 aliphatic carbocycles. The molecule has 1 aliphatic heterocycles. The monoisotopic (exact) mass is 281 g/mol. The Morgan fingerprint density at radius 1 is 1.33 bits per heavy atom. The molecule has 3 nitrogen and oxygen atoms in total. The molecule has 1 aliphatic rings. The van der Waals surface area contributed by atoms with Crippen molar-refractivity contribution in [1.82, 2.24) is 10.3 Å². The number of hydrogen-bond donors (Lipinski definition) is 1. The number of nitrogens with one attached hydrogen (secondary N) is 1. The van der Waals surface area contributed by atoms with Gasteiger partial charge in [0.2, 0.25) is 0 Å². The van der Waals surface area contributed by atoms with E-state index < -0.39 is 0 Å². The number of para-hydroxylation sites is 1. The molecule has 0 saturated carbocycles. The van der Waals surface area contributed by atoms with E-state index in [1.165, 1.54) is 16.3 Å².